The van der Waals surface area contributed by atoms with Gasteiger partial charge in [-0.2, -0.15) is 0 Å². The van der Waals surface area contributed by atoms with Crippen LogP contribution in [0, 0.1) is 6.92 Å². The first-order valence-corrected chi connectivity index (χ1v) is 23.4. The van der Waals surface area contributed by atoms with E-state index >= 15 is 0 Å². The lowest BCUT2D eigenvalue weighted by Gasteiger charge is -2.14. The third-order valence-electron chi connectivity index (χ3n) is 13.5. The van der Waals surface area contributed by atoms with Gasteiger partial charge in [0.2, 0.25) is 0 Å². The van der Waals surface area contributed by atoms with E-state index in [0.717, 1.165) is 36.0 Å². The fourth-order valence-electron chi connectivity index (χ4n) is 10.5. The summed E-state index contributed by atoms with van der Waals surface area (Å²) in [5, 5.41) is 3.92. The fraction of sp³-hybridized carbons (Fsp3) is 0.0833. The van der Waals surface area contributed by atoms with Crippen LogP contribution in [0.5, 0.6) is 0 Å². The number of thiophene rings is 1. The summed E-state index contributed by atoms with van der Waals surface area (Å²) < 4.78 is 3.88. The van der Waals surface area contributed by atoms with E-state index in [9.17, 15) is 0 Å². The summed E-state index contributed by atoms with van der Waals surface area (Å²) in [7, 11) is 0. The van der Waals surface area contributed by atoms with Crippen LogP contribution in [0.2, 0.25) is 0 Å². The van der Waals surface area contributed by atoms with Gasteiger partial charge in [0.15, 0.2) is 17.5 Å². The molecule has 3 aromatic heterocycles. The van der Waals surface area contributed by atoms with Gasteiger partial charge in [-0.15, -0.1) is 11.3 Å². The van der Waals surface area contributed by atoms with E-state index in [1.165, 1.54) is 104 Å². The molecule has 0 amide bonds. The molecule has 0 aliphatic heterocycles. The van der Waals surface area contributed by atoms with Crippen molar-refractivity contribution in [3.63, 3.8) is 0 Å². The molecule has 5 heteroatoms. The zero-order valence-electron chi connectivity index (χ0n) is 36.1. The maximum Gasteiger partial charge on any atom is 0.164 e. The Morgan fingerprint density at radius 2 is 1.18 bits per heavy atom. The molecule has 11 aromatic rings. The first kappa shape index (κ1) is 37.8. The van der Waals surface area contributed by atoms with Crippen molar-refractivity contribution in [2.24, 2.45) is 0 Å². The molecule has 2 aliphatic rings. The molecule has 13 rings (SSSR count). The van der Waals surface area contributed by atoms with Gasteiger partial charge in [-0.1, -0.05) is 159 Å². The van der Waals surface area contributed by atoms with Gasteiger partial charge in [0.1, 0.15) is 0 Å². The first-order chi connectivity index (χ1) is 32.1. The highest BCUT2D eigenvalue weighted by Crippen LogP contribution is 2.48. The fourth-order valence-corrected chi connectivity index (χ4v) is 11.7. The van der Waals surface area contributed by atoms with Gasteiger partial charge >= 0.3 is 0 Å². The van der Waals surface area contributed by atoms with Gasteiger partial charge in [0.25, 0.3) is 0 Å². The molecule has 0 saturated carbocycles. The number of nitrogens with zero attached hydrogens (tertiary/aromatic N) is 4. The van der Waals surface area contributed by atoms with Crippen LogP contribution >= 0.6 is 11.3 Å². The summed E-state index contributed by atoms with van der Waals surface area (Å²) in [6.07, 6.45) is 7.41. The average molecular weight is 851 g/mol. The third-order valence-corrected chi connectivity index (χ3v) is 14.7. The van der Waals surface area contributed by atoms with E-state index in [4.69, 9.17) is 15.0 Å². The predicted molar refractivity (Wildman–Crippen MR) is 272 cm³/mol. The second-order valence-electron chi connectivity index (χ2n) is 17.4. The highest BCUT2D eigenvalue weighted by atomic mass is 32.1. The van der Waals surface area contributed by atoms with Crippen molar-refractivity contribution in [3.8, 4) is 73.2 Å². The normalized spacial score (nSPS) is 12.6. The molecule has 2 aliphatic carbocycles. The predicted octanol–water partition coefficient (Wildman–Crippen LogP) is 15.7. The Labute approximate surface area is 381 Å². The van der Waals surface area contributed by atoms with E-state index in [-0.39, 0.29) is 0 Å². The maximum atomic E-state index is 5.03. The van der Waals surface area contributed by atoms with Crippen molar-refractivity contribution in [1.82, 2.24) is 19.5 Å². The summed E-state index contributed by atoms with van der Waals surface area (Å²) in [6, 6.07) is 61.9. The molecule has 4 nitrogen and oxygen atoms in total. The monoisotopic (exact) mass is 850 g/mol. The van der Waals surface area contributed by atoms with Gasteiger partial charge < -0.3 is 4.57 Å². The Morgan fingerprint density at radius 3 is 1.97 bits per heavy atom. The summed E-state index contributed by atoms with van der Waals surface area (Å²) >= 11 is 1.92. The Bertz CT molecular complexity index is 3700. The van der Waals surface area contributed by atoms with Crippen molar-refractivity contribution in [3.05, 3.63) is 209 Å². The SMILES string of the molecule is CC/C=C\c1c(C)sc2c1ccc1c3ccccc3n(-c3ccc4c(c3)-c3c(cccc3-c3ccc5c(c3)-c3ccc(-c6nc(-c7ccccc7)nc(-c7ccccc7)n6)cc3C5)C4)c12. The molecule has 308 valence electrons. The second kappa shape index (κ2) is 14.9. The molecule has 8 aromatic carbocycles. The highest BCUT2D eigenvalue weighted by molar-refractivity contribution is 7.20. The lowest BCUT2D eigenvalue weighted by molar-refractivity contribution is 1.07. The molecular weight excluding hydrogens is 809 g/mol. The smallest absolute Gasteiger partial charge is 0.164 e. The summed E-state index contributed by atoms with van der Waals surface area (Å²) in [4.78, 5) is 16.3. The Balaban J connectivity index is 0.902. The number of allylic oxidation sites excluding steroid dienone is 1. The van der Waals surface area contributed by atoms with Gasteiger partial charge in [0.05, 0.1) is 15.7 Å². The van der Waals surface area contributed by atoms with Crippen LogP contribution in [0.3, 0.4) is 0 Å². The Kier molecular flexibility index (Phi) is 8.69. The van der Waals surface area contributed by atoms with Gasteiger partial charge in [-0.05, 0) is 118 Å². The summed E-state index contributed by atoms with van der Waals surface area (Å²) in [6.45, 7) is 4.47. The van der Waals surface area contributed by atoms with Crippen molar-refractivity contribution >= 4 is 49.3 Å². The van der Waals surface area contributed by atoms with Crippen molar-refractivity contribution in [2.75, 3.05) is 0 Å². The minimum atomic E-state index is 0.672. The minimum Gasteiger partial charge on any atom is -0.308 e. The number of hydrogen-bond donors (Lipinski definition) is 0. The molecule has 0 N–H and O–H groups in total. The zero-order valence-corrected chi connectivity index (χ0v) is 37.0. The highest BCUT2D eigenvalue weighted by Gasteiger charge is 2.27. The zero-order chi connectivity index (χ0) is 43.2. The molecule has 0 fully saturated rings. The van der Waals surface area contributed by atoms with Crippen molar-refractivity contribution in [1.29, 1.82) is 0 Å². The van der Waals surface area contributed by atoms with Gasteiger partial charge in [-0.3, -0.25) is 0 Å². The summed E-state index contributed by atoms with van der Waals surface area (Å²) in [5.74, 6) is 2.02. The number of fused-ring (bicyclic) bond motifs is 11. The van der Waals surface area contributed by atoms with Crippen molar-refractivity contribution < 1.29 is 0 Å². The Hall–Kier alpha value is -7.73. The first-order valence-electron chi connectivity index (χ1n) is 22.6. The lowest BCUT2D eigenvalue weighted by Crippen LogP contribution is -2.00. The van der Waals surface area contributed by atoms with Gasteiger partial charge in [-0.25, -0.2) is 15.0 Å². The van der Waals surface area contributed by atoms with Crippen molar-refractivity contribution in [2.45, 2.75) is 33.1 Å². The minimum absolute atomic E-state index is 0.672. The van der Waals surface area contributed by atoms with E-state index in [2.05, 4.69) is 164 Å². The van der Waals surface area contributed by atoms with E-state index in [1.807, 2.05) is 47.7 Å². The number of aromatic nitrogens is 4. The number of rotatable bonds is 7. The van der Waals surface area contributed by atoms with Crippen LogP contribution in [0.25, 0.3) is 111 Å². The number of aryl methyl sites for hydroxylation is 1. The summed E-state index contributed by atoms with van der Waals surface area (Å²) in [5.41, 5.74) is 21.2. The maximum absolute atomic E-state index is 5.03. The molecule has 0 bridgehead atoms. The van der Waals surface area contributed by atoms with Gasteiger partial charge in [0, 0.05) is 43.4 Å². The molecular formula is C60H42N4S. The molecule has 0 unspecified atom stereocenters. The quantitative estimate of drug-likeness (QED) is 0.160. The Morgan fingerprint density at radius 1 is 0.508 bits per heavy atom. The molecule has 0 saturated heterocycles. The number of benzene rings is 8. The van der Waals surface area contributed by atoms with Crippen LogP contribution in [0.4, 0.5) is 0 Å². The average Bonchev–Trinajstić information content (AvgIpc) is 4.11. The second-order valence-corrected chi connectivity index (χ2v) is 18.6. The third kappa shape index (κ3) is 6.07. The lowest BCUT2D eigenvalue weighted by atomic mass is 9.92. The van der Waals surface area contributed by atoms with E-state index < -0.39 is 0 Å². The number of hydrogen-bond acceptors (Lipinski definition) is 4. The molecule has 0 atom stereocenters. The van der Waals surface area contributed by atoms with E-state index in [1.54, 1.807) is 0 Å². The van der Waals surface area contributed by atoms with Crippen LogP contribution < -0.4 is 0 Å². The molecule has 3 heterocycles. The van der Waals surface area contributed by atoms with Crippen LogP contribution in [0.1, 0.15) is 46.0 Å². The van der Waals surface area contributed by atoms with E-state index in [0.29, 0.717) is 17.5 Å². The number of para-hydroxylation sites is 1. The van der Waals surface area contributed by atoms with Crippen LogP contribution in [-0.4, -0.2) is 19.5 Å². The van der Waals surface area contributed by atoms with Crippen LogP contribution in [-0.2, 0) is 12.8 Å². The molecule has 65 heavy (non-hydrogen) atoms. The standard InChI is InChI=1S/C60H42N4S/c1-3-4-19-46-36(2)65-57-51(46)30-29-50-49-20-11-12-22-54(49)64(56(50)57)45-27-25-40-31-42-18-13-21-48(55(42)53(40)35-45)41-24-23-39-32-44-33-43(26-28-47(44)52(39)34-41)60-62-58(37-14-7-5-8-15-37)61-59(63-60)38-16-9-6-10-17-38/h4-30,33-35H,3,31-32H2,1-2H3/b19-4-. The molecule has 0 spiro atoms. The molecule has 0 radical (unpaired) electrons. The topological polar surface area (TPSA) is 43.6 Å². The van der Waals surface area contributed by atoms with Crippen LogP contribution in [0.15, 0.2) is 176 Å². The largest absolute Gasteiger partial charge is 0.308 e.